The Morgan fingerprint density at radius 2 is 1.43 bits per heavy atom. The third-order valence-electron chi connectivity index (χ3n) is 4.03. The fraction of sp³-hybridized carbons (Fsp3) is 0.947. The molecular formula is C19H39NO3. The third-order valence-corrected chi connectivity index (χ3v) is 4.03. The molecule has 0 aromatic heterocycles. The second-order valence-electron chi connectivity index (χ2n) is 6.33. The Labute approximate surface area is 143 Å². The van der Waals surface area contributed by atoms with Gasteiger partial charge in [0.2, 0.25) is 0 Å². The number of aliphatic hydroxyl groups excluding tert-OH is 1. The Hall–Kier alpha value is -0.610. The van der Waals surface area contributed by atoms with E-state index in [0.717, 1.165) is 32.2 Å². The SMILES string of the molecule is CCCCCCCCCCCOC(=O)CCCCCNCCO. The van der Waals surface area contributed by atoms with Gasteiger partial charge >= 0.3 is 5.97 Å². The van der Waals surface area contributed by atoms with Crippen molar-refractivity contribution >= 4 is 5.97 Å². The summed E-state index contributed by atoms with van der Waals surface area (Å²) in [4.78, 5) is 11.5. The molecule has 0 bridgehead atoms. The standard InChI is InChI=1S/C19H39NO3/c1-2-3-4-5-6-7-8-9-13-18-23-19(22)14-11-10-12-15-20-16-17-21/h20-21H,2-18H2,1H3. The van der Waals surface area contributed by atoms with Crippen molar-refractivity contribution in [2.45, 2.75) is 90.4 Å². The lowest BCUT2D eigenvalue weighted by atomic mass is 10.1. The zero-order chi connectivity index (χ0) is 17.0. The zero-order valence-electron chi connectivity index (χ0n) is 15.3. The molecule has 138 valence electrons. The minimum Gasteiger partial charge on any atom is -0.466 e. The van der Waals surface area contributed by atoms with Gasteiger partial charge in [-0.15, -0.1) is 0 Å². The normalized spacial score (nSPS) is 10.9. The van der Waals surface area contributed by atoms with Gasteiger partial charge in [-0.25, -0.2) is 0 Å². The van der Waals surface area contributed by atoms with Crippen LogP contribution < -0.4 is 5.32 Å². The lowest BCUT2D eigenvalue weighted by molar-refractivity contribution is -0.143. The topological polar surface area (TPSA) is 58.6 Å². The van der Waals surface area contributed by atoms with Crippen LogP contribution in [-0.4, -0.2) is 37.4 Å². The molecule has 0 atom stereocenters. The van der Waals surface area contributed by atoms with Crippen LogP contribution in [0.25, 0.3) is 0 Å². The summed E-state index contributed by atoms with van der Waals surface area (Å²) >= 11 is 0. The molecule has 0 aliphatic carbocycles. The van der Waals surface area contributed by atoms with Gasteiger partial charge in [0.05, 0.1) is 13.2 Å². The molecule has 2 N–H and O–H groups in total. The summed E-state index contributed by atoms with van der Waals surface area (Å²) < 4.78 is 5.26. The summed E-state index contributed by atoms with van der Waals surface area (Å²) in [5.41, 5.74) is 0. The summed E-state index contributed by atoms with van der Waals surface area (Å²) in [5, 5.41) is 11.7. The second kappa shape index (κ2) is 19.4. The molecule has 0 unspecified atom stereocenters. The van der Waals surface area contributed by atoms with E-state index in [1.54, 1.807) is 0 Å². The van der Waals surface area contributed by atoms with Gasteiger partial charge in [0.15, 0.2) is 0 Å². The highest BCUT2D eigenvalue weighted by molar-refractivity contribution is 5.69. The second-order valence-corrected chi connectivity index (χ2v) is 6.33. The molecule has 23 heavy (non-hydrogen) atoms. The largest absolute Gasteiger partial charge is 0.466 e. The van der Waals surface area contributed by atoms with Gasteiger partial charge in [-0.2, -0.15) is 0 Å². The maximum Gasteiger partial charge on any atom is 0.305 e. The van der Waals surface area contributed by atoms with Crippen LogP contribution in [0.5, 0.6) is 0 Å². The van der Waals surface area contributed by atoms with Gasteiger partial charge in [0.1, 0.15) is 0 Å². The van der Waals surface area contributed by atoms with E-state index < -0.39 is 0 Å². The van der Waals surface area contributed by atoms with Gasteiger partial charge in [-0.1, -0.05) is 64.7 Å². The van der Waals surface area contributed by atoms with E-state index >= 15 is 0 Å². The van der Waals surface area contributed by atoms with Crippen molar-refractivity contribution in [3.8, 4) is 0 Å². The number of carbonyl (C=O) groups excluding carboxylic acids is 1. The van der Waals surface area contributed by atoms with E-state index in [1.807, 2.05) is 0 Å². The Bertz CT molecular complexity index is 247. The average Bonchev–Trinajstić information content (AvgIpc) is 2.55. The van der Waals surface area contributed by atoms with Crippen molar-refractivity contribution in [2.75, 3.05) is 26.3 Å². The maximum atomic E-state index is 11.5. The van der Waals surface area contributed by atoms with E-state index in [0.29, 0.717) is 19.6 Å². The lowest BCUT2D eigenvalue weighted by Gasteiger charge is -2.05. The Morgan fingerprint density at radius 1 is 0.826 bits per heavy atom. The van der Waals surface area contributed by atoms with Crippen LogP contribution >= 0.6 is 0 Å². The molecule has 0 heterocycles. The molecule has 0 aliphatic rings. The number of ether oxygens (including phenoxy) is 1. The number of hydrogen-bond donors (Lipinski definition) is 2. The van der Waals surface area contributed by atoms with Crippen molar-refractivity contribution in [1.82, 2.24) is 5.32 Å². The summed E-state index contributed by atoms with van der Waals surface area (Å²) in [6.45, 7) is 4.59. The van der Waals surface area contributed by atoms with Crippen LogP contribution in [0, 0.1) is 0 Å². The Morgan fingerprint density at radius 3 is 2.09 bits per heavy atom. The van der Waals surface area contributed by atoms with Gasteiger partial charge in [-0.3, -0.25) is 4.79 Å². The summed E-state index contributed by atoms with van der Waals surface area (Å²) in [6.07, 6.45) is 15.1. The first-order valence-electron chi connectivity index (χ1n) is 9.78. The predicted octanol–water partition coefficient (Wildman–Crippen LogP) is 4.20. The zero-order valence-corrected chi connectivity index (χ0v) is 15.3. The fourth-order valence-electron chi connectivity index (χ4n) is 2.57. The van der Waals surface area contributed by atoms with Gasteiger partial charge in [0, 0.05) is 13.0 Å². The van der Waals surface area contributed by atoms with Crippen LogP contribution in [0.4, 0.5) is 0 Å². The average molecular weight is 330 g/mol. The molecule has 0 aromatic carbocycles. The predicted molar refractivity (Wildman–Crippen MR) is 96.6 cm³/mol. The highest BCUT2D eigenvalue weighted by Crippen LogP contribution is 2.09. The minimum absolute atomic E-state index is 0.0483. The number of nitrogens with one attached hydrogen (secondary N) is 1. The smallest absolute Gasteiger partial charge is 0.305 e. The Balaban J connectivity index is 3.13. The number of hydrogen-bond acceptors (Lipinski definition) is 4. The molecule has 0 amide bonds. The van der Waals surface area contributed by atoms with Gasteiger partial charge in [0.25, 0.3) is 0 Å². The first kappa shape index (κ1) is 22.4. The summed E-state index contributed by atoms with van der Waals surface area (Å²) in [6, 6.07) is 0. The molecule has 0 radical (unpaired) electrons. The number of esters is 1. The summed E-state index contributed by atoms with van der Waals surface area (Å²) in [7, 11) is 0. The van der Waals surface area contributed by atoms with Crippen LogP contribution in [0.1, 0.15) is 90.4 Å². The molecule has 4 nitrogen and oxygen atoms in total. The number of carbonyl (C=O) groups is 1. The molecule has 0 fully saturated rings. The maximum absolute atomic E-state index is 11.5. The third kappa shape index (κ3) is 19.3. The minimum atomic E-state index is -0.0483. The summed E-state index contributed by atoms with van der Waals surface area (Å²) in [5.74, 6) is -0.0483. The van der Waals surface area contributed by atoms with E-state index in [1.165, 1.54) is 51.4 Å². The van der Waals surface area contributed by atoms with Crippen LogP contribution in [0.3, 0.4) is 0 Å². The molecule has 4 heteroatoms. The van der Waals surface area contributed by atoms with Crippen molar-refractivity contribution < 1.29 is 14.6 Å². The highest BCUT2D eigenvalue weighted by Gasteiger charge is 2.02. The first-order chi connectivity index (χ1) is 11.3. The number of aliphatic hydroxyl groups is 1. The van der Waals surface area contributed by atoms with Gasteiger partial charge in [-0.05, 0) is 25.8 Å². The monoisotopic (exact) mass is 329 g/mol. The van der Waals surface area contributed by atoms with Crippen molar-refractivity contribution in [3.05, 3.63) is 0 Å². The van der Waals surface area contributed by atoms with E-state index in [9.17, 15) is 4.79 Å². The van der Waals surface area contributed by atoms with Crippen LogP contribution in [-0.2, 0) is 9.53 Å². The van der Waals surface area contributed by atoms with E-state index in [2.05, 4.69) is 12.2 Å². The molecular weight excluding hydrogens is 290 g/mol. The van der Waals surface area contributed by atoms with Crippen molar-refractivity contribution in [3.63, 3.8) is 0 Å². The molecule has 0 aliphatic heterocycles. The van der Waals surface area contributed by atoms with Crippen molar-refractivity contribution in [2.24, 2.45) is 0 Å². The molecule has 0 rings (SSSR count). The fourth-order valence-corrected chi connectivity index (χ4v) is 2.57. The molecule has 0 saturated carbocycles. The van der Waals surface area contributed by atoms with E-state index in [4.69, 9.17) is 9.84 Å². The number of rotatable bonds is 18. The molecule has 0 aromatic rings. The number of unbranched alkanes of at least 4 members (excludes halogenated alkanes) is 10. The van der Waals surface area contributed by atoms with Crippen LogP contribution in [0.2, 0.25) is 0 Å². The highest BCUT2D eigenvalue weighted by atomic mass is 16.5. The van der Waals surface area contributed by atoms with E-state index in [-0.39, 0.29) is 12.6 Å². The Kier molecular flexibility index (Phi) is 18.9. The quantitative estimate of drug-likeness (QED) is 0.292. The molecule has 0 spiro atoms. The first-order valence-corrected chi connectivity index (χ1v) is 9.78. The van der Waals surface area contributed by atoms with Crippen LogP contribution in [0.15, 0.2) is 0 Å². The lowest BCUT2D eigenvalue weighted by Crippen LogP contribution is -2.19. The van der Waals surface area contributed by atoms with Gasteiger partial charge < -0.3 is 15.2 Å². The van der Waals surface area contributed by atoms with Crippen molar-refractivity contribution in [1.29, 1.82) is 0 Å². The molecule has 0 saturated heterocycles.